The minimum absolute atomic E-state index is 0.134. The lowest BCUT2D eigenvalue weighted by Gasteiger charge is -2.33. The summed E-state index contributed by atoms with van der Waals surface area (Å²) in [6, 6.07) is 0. The molecule has 3 N–H and O–H groups in total. The molecule has 0 aromatic carbocycles. The normalized spacial score (nSPS) is 24.5. The second-order valence-corrected chi connectivity index (χ2v) is 7.14. The Morgan fingerprint density at radius 1 is 0.824 bits per heavy atom. The molecule has 1 saturated heterocycles. The summed E-state index contributed by atoms with van der Waals surface area (Å²) in [5.41, 5.74) is 0.134. The first-order valence-corrected chi connectivity index (χ1v) is 7.89. The molecule has 1 aliphatic heterocycles. The summed E-state index contributed by atoms with van der Waals surface area (Å²) in [6.45, 7) is 4.78. The molecule has 0 bridgehead atoms. The van der Waals surface area contributed by atoms with Gasteiger partial charge in [-0.15, -0.1) is 0 Å². The summed E-state index contributed by atoms with van der Waals surface area (Å²) in [5, 5.41) is 10.2. The van der Waals surface area contributed by atoms with E-state index in [2.05, 4.69) is 16.0 Å². The van der Waals surface area contributed by atoms with E-state index in [1.54, 1.807) is 21.3 Å². The highest BCUT2D eigenvalue weighted by atomic mass is 28.4. The third kappa shape index (κ3) is 4.29. The number of nitrogens with one attached hydrogen (secondary N) is 3. The Balaban J connectivity index is 2.61. The van der Waals surface area contributed by atoms with Crippen LogP contribution in [0.3, 0.4) is 0 Å². The Hall–Kier alpha value is -0.0231. The van der Waals surface area contributed by atoms with Crippen LogP contribution in [0.2, 0.25) is 0 Å². The van der Waals surface area contributed by atoms with E-state index in [1.807, 2.05) is 0 Å². The van der Waals surface area contributed by atoms with Gasteiger partial charge < -0.3 is 29.2 Å². The quantitative estimate of drug-likeness (QED) is 0.562. The second-order valence-electron chi connectivity index (χ2n) is 4.01. The molecule has 1 fully saturated rings. The fourth-order valence-electron chi connectivity index (χ4n) is 2.09. The van der Waals surface area contributed by atoms with Gasteiger partial charge in [-0.2, -0.15) is 0 Å². The molecule has 0 radical (unpaired) electrons. The Kier molecular flexibility index (Phi) is 7.20. The van der Waals surface area contributed by atoms with Crippen LogP contribution in [0, 0.1) is 0 Å². The molecule has 0 spiro atoms. The van der Waals surface area contributed by atoms with E-state index in [4.69, 9.17) is 13.3 Å². The van der Waals surface area contributed by atoms with Gasteiger partial charge in [-0.25, -0.2) is 0 Å². The third-order valence-electron chi connectivity index (χ3n) is 3.06. The molecule has 0 aromatic heterocycles. The topological polar surface area (TPSA) is 63.8 Å². The fourth-order valence-corrected chi connectivity index (χ4v) is 4.33. The molecule has 1 atom stereocenters. The minimum atomic E-state index is -2.59. The molecule has 1 aliphatic rings. The Morgan fingerprint density at radius 2 is 1.35 bits per heavy atom. The zero-order chi connectivity index (χ0) is 12.6. The van der Waals surface area contributed by atoms with Crippen LogP contribution in [0.15, 0.2) is 0 Å². The molecular weight excluding hydrogens is 238 g/mol. The number of hydrogen-bond donors (Lipinski definition) is 3. The lowest BCUT2D eigenvalue weighted by atomic mass is 10.4. The fraction of sp³-hybridized carbons (Fsp3) is 1.00. The number of hydrogen-bond acceptors (Lipinski definition) is 6. The van der Waals surface area contributed by atoms with Gasteiger partial charge in [0, 0.05) is 47.5 Å². The van der Waals surface area contributed by atoms with Crippen molar-refractivity contribution in [3.05, 3.63) is 0 Å². The smallest absolute Gasteiger partial charge is 0.376 e. The summed E-state index contributed by atoms with van der Waals surface area (Å²) in [7, 11) is 2.39. The maximum atomic E-state index is 5.53. The van der Waals surface area contributed by atoms with E-state index in [9.17, 15) is 0 Å². The molecule has 6 nitrogen and oxygen atoms in total. The minimum Gasteiger partial charge on any atom is -0.376 e. The predicted octanol–water partition coefficient (Wildman–Crippen LogP) is -1.06. The Morgan fingerprint density at radius 3 is 1.94 bits per heavy atom. The first-order chi connectivity index (χ1) is 8.29. The van der Waals surface area contributed by atoms with Gasteiger partial charge >= 0.3 is 8.80 Å². The van der Waals surface area contributed by atoms with Crippen molar-refractivity contribution in [1.29, 1.82) is 0 Å². The lowest BCUT2D eigenvalue weighted by Crippen LogP contribution is -2.62. The van der Waals surface area contributed by atoms with Crippen molar-refractivity contribution in [1.82, 2.24) is 16.0 Å². The molecule has 0 aromatic rings. The highest BCUT2D eigenvalue weighted by Crippen LogP contribution is 2.14. The van der Waals surface area contributed by atoms with Crippen molar-refractivity contribution in [2.24, 2.45) is 0 Å². The molecular formula is C10H25N3O3Si. The molecule has 1 unspecified atom stereocenters. The van der Waals surface area contributed by atoms with Crippen molar-refractivity contribution in [3.63, 3.8) is 0 Å². The molecule has 1 heterocycles. The summed E-state index contributed by atoms with van der Waals surface area (Å²) in [6.07, 6.45) is 0.946. The SMILES string of the molecule is CO[Si](OC)(OC)C1CCNCCNCCN1. The van der Waals surface area contributed by atoms with E-state index >= 15 is 0 Å². The summed E-state index contributed by atoms with van der Waals surface area (Å²) in [4.78, 5) is 0. The molecule has 1 rings (SSSR count). The van der Waals surface area contributed by atoms with E-state index in [-0.39, 0.29) is 5.67 Å². The third-order valence-corrected chi connectivity index (χ3v) is 6.11. The predicted molar refractivity (Wildman–Crippen MR) is 68.9 cm³/mol. The Bertz CT molecular complexity index is 187. The van der Waals surface area contributed by atoms with E-state index < -0.39 is 8.80 Å². The van der Waals surface area contributed by atoms with Crippen molar-refractivity contribution >= 4 is 8.80 Å². The van der Waals surface area contributed by atoms with Gasteiger partial charge in [0.15, 0.2) is 0 Å². The van der Waals surface area contributed by atoms with Crippen molar-refractivity contribution in [2.45, 2.75) is 12.1 Å². The molecule has 7 heteroatoms. The maximum Gasteiger partial charge on any atom is 0.518 e. The largest absolute Gasteiger partial charge is 0.518 e. The molecule has 0 saturated carbocycles. The maximum absolute atomic E-state index is 5.53. The van der Waals surface area contributed by atoms with Crippen LogP contribution >= 0.6 is 0 Å². The highest BCUT2D eigenvalue weighted by molar-refractivity contribution is 6.62. The molecule has 0 amide bonds. The van der Waals surface area contributed by atoms with Crippen LogP contribution < -0.4 is 16.0 Å². The number of rotatable bonds is 4. The van der Waals surface area contributed by atoms with Gasteiger partial charge in [0.2, 0.25) is 0 Å². The van der Waals surface area contributed by atoms with E-state index in [1.165, 1.54) is 0 Å². The second kappa shape index (κ2) is 8.14. The zero-order valence-electron chi connectivity index (χ0n) is 11.0. The first kappa shape index (κ1) is 15.0. The summed E-state index contributed by atoms with van der Waals surface area (Å²) >= 11 is 0. The molecule has 0 aliphatic carbocycles. The monoisotopic (exact) mass is 263 g/mol. The average Bonchev–Trinajstić information content (AvgIpc) is 2.39. The highest BCUT2D eigenvalue weighted by Gasteiger charge is 2.46. The van der Waals surface area contributed by atoms with Gasteiger partial charge in [-0.05, 0) is 13.0 Å². The zero-order valence-corrected chi connectivity index (χ0v) is 12.0. The van der Waals surface area contributed by atoms with Crippen LogP contribution in [0.4, 0.5) is 0 Å². The Labute approximate surface area is 105 Å². The van der Waals surface area contributed by atoms with Crippen LogP contribution in [0.25, 0.3) is 0 Å². The van der Waals surface area contributed by atoms with Crippen molar-refractivity contribution < 1.29 is 13.3 Å². The lowest BCUT2D eigenvalue weighted by molar-refractivity contribution is 0.105. The van der Waals surface area contributed by atoms with Crippen LogP contribution in [-0.2, 0) is 13.3 Å². The van der Waals surface area contributed by atoms with Gasteiger partial charge in [0.05, 0.1) is 5.67 Å². The van der Waals surface area contributed by atoms with Gasteiger partial charge in [0.1, 0.15) is 0 Å². The molecule has 102 valence electrons. The van der Waals surface area contributed by atoms with Gasteiger partial charge in [-0.1, -0.05) is 0 Å². The van der Waals surface area contributed by atoms with Gasteiger partial charge in [0.25, 0.3) is 0 Å². The summed E-state index contributed by atoms with van der Waals surface area (Å²) < 4.78 is 16.6. The van der Waals surface area contributed by atoms with Crippen LogP contribution in [0.5, 0.6) is 0 Å². The first-order valence-electron chi connectivity index (χ1n) is 6.09. The van der Waals surface area contributed by atoms with Gasteiger partial charge in [-0.3, -0.25) is 0 Å². The van der Waals surface area contributed by atoms with Crippen LogP contribution in [0.1, 0.15) is 6.42 Å². The standard InChI is InChI=1S/C10H25N3O3Si/c1-14-17(15-2,16-3)10-4-5-11-6-7-12-8-9-13-10/h10-13H,4-9H2,1-3H3. The molecule has 17 heavy (non-hydrogen) atoms. The van der Waals surface area contributed by atoms with Crippen molar-refractivity contribution in [2.75, 3.05) is 54.1 Å². The van der Waals surface area contributed by atoms with E-state index in [0.29, 0.717) is 0 Å². The van der Waals surface area contributed by atoms with Crippen LogP contribution in [-0.4, -0.2) is 68.5 Å². The van der Waals surface area contributed by atoms with E-state index in [0.717, 1.165) is 39.1 Å². The summed E-state index contributed by atoms with van der Waals surface area (Å²) in [5.74, 6) is 0. The van der Waals surface area contributed by atoms with Crippen molar-refractivity contribution in [3.8, 4) is 0 Å². The average molecular weight is 263 g/mol.